The summed E-state index contributed by atoms with van der Waals surface area (Å²) < 4.78 is 0. The summed E-state index contributed by atoms with van der Waals surface area (Å²) in [5.41, 5.74) is 1.69. The Bertz CT molecular complexity index is 438. The number of halogens is 2. The molecule has 2 fully saturated rings. The van der Waals surface area contributed by atoms with Gasteiger partial charge in [0.1, 0.15) is 0 Å². The van der Waals surface area contributed by atoms with Crippen molar-refractivity contribution in [3.05, 3.63) is 0 Å². The van der Waals surface area contributed by atoms with Gasteiger partial charge < -0.3 is 0 Å². The predicted molar refractivity (Wildman–Crippen MR) is 111 cm³/mol. The van der Waals surface area contributed by atoms with E-state index >= 15 is 0 Å². The van der Waals surface area contributed by atoms with Gasteiger partial charge in [0, 0.05) is 49.4 Å². The molecule has 1 aliphatic carbocycles. The van der Waals surface area contributed by atoms with Gasteiger partial charge >= 0.3 is 0 Å². The molecular formula is C19H36Cl2N4O2. The summed E-state index contributed by atoms with van der Waals surface area (Å²) in [6.07, 6.45) is 9.79. The van der Waals surface area contributed by atoms with E-state index in [2.05, 4.69) is 22.2 Å². The summed E-state index contributed by atoms with van der Waals surface area (Å²) in [6.45, 7) is 1.84. The van der Waals surface area contributed by atoms with Crippen molar-refractivity contribution < 1.29 is 10.0 Å². The zero-order valence-electron chi connectivity index (χ0n) is 16.5. The molecule has 1 amide bonds. The van der Waals surface area contributed by atoms with E-state index in [9.17, 15) is 4.79 Å². The smallest absolute Gasteiger partial charge is 0.243 e. The molecule has 4 unspecified atom stereocenters. The van der Waals surface area contributed by atoms with Crippen molar-refractivity contribution in [1.29, 1.82) is 0 Å². The average Bonchev–Trinajstić information content (AvgIpc) is 2.99. The lowest BCUT2D eigenvalue weighted by Gasteiger charge is -2.39. The van der Waals surface area contributed by atoms with E-state index in [1.165, 1.54) is 19.3 Å². The molecule has 3 N–H and O–H groups in total. The number of hydrogen-bond acceptors (Lipinski definition) is 5. The molecule has 0 radical (unpaired) electrons. The van der Waals surface area contributed by atoms with E-state index in [0.717, 1.165) is 45.2 Å². The van der Waals surface area contributed by atoms with Crippen LogP contribution in [-0.2, 0) is 4.79 Å². The third-order valence-electron chi connectivity index (χ3n) is 6.22. The van der Waals surface area contributed by atoms with Crippen molar-refractivity contribution in [3.8, 4) is 0 Å². The molecule has 0 bridgehead atoms. The van der Waals surface area contributed by atoms with Gasteiger partial charge in [0.25, 0.3) is 0 Å². The van der Waals surface area contributed by atoms with Gasteiger partial charge in [-0.2, -0.15) is 0 Å². The predicted octanol–water partition coefficient (Wildman–Crippen LogP) is 2.76. The van der Waals surface area contributed by atoms with Crippen molar-refractivity contribution >= 4 is 29.1 Å². The quantitative estimate of drug-likeness (QED) is 0.195. The number of nitrogens with zero attached hydrogens (tertiary/aromatic N) is 2. The Balaban J connectivity index is 1.71. The molecule has 1 saturated carbocycles. The minimum absolute atomic E-state index is 0.289. The van der Waals surface area contributed by atoms with E-state index in [1.54, 1.807) is 5.48 Å². The first-order valence-corrected chi connectivity index (χ1v) is 11.4. The zero-order chi connectivity index (χ0) is 19.6. The Morgan fingerprint density at radius 1 is 1.19 bits per heavy atom. The molecule has 1 heterocycles. The van der Waals surface area contributed by atoms with Crippen molar-refractivity contribution in [3.63, 3.8) is 0 Å². The lowest BCUT2D eigenvalue weighted by atomic mass is 9.86. The largest absolute Gasteiger partial charge is 0.298 e. The lowest BCUT2D eigenvalue weighted by Crippen LogP contribution is -2.49. The van der Waals surface area contributed by atoms with Crippen LogP contribution in [-0.4, -0.2) is 77.1 Å². The third-order valence-corrected chi connectivity index (χ3v) is 6.56. The highest BCUT2D eigenvalue weighted by Crippen LogP contribution is 2.32. The summed E-state index contributed by atoms with van der Waals surface area (Å²) in [4.78, 5) is 16.0. The SMILES string of the molecule is CN1C(CCCCCCC(=O)NO)NC2CC(N(CCCl)CCCl)CCC21. The average molecular weight is 423 g/mol. The number of hydroxylamine groups is 1. The number of hydrogen-bond donors (Lipinski definition) is 3. The molecule has 6 nitrogen and oxygen atoms in total. The number of carbonyl (C=O) groups excluding carboxylic acids is 1. The van der Waals surface area contributed by atoms with Crippen LogP contribution in [0.4, 0.5) is 0 Å². The first-order valence-electron chi connectivity index (χ1n) is 10.4. The van der Waals surface area contributed by atoms with Crippen LogP contribution in [0.15, 0.2) is 0 Å². The fourth-order valence-electron chi connectivity index (χ4n) is 4.74. The molecule has 0 aromatic heterocycles. The molecular weight excluding hydrogens is 387 g/mol. The second kappa shape index (κ2) is 12.5. The van der Waals surface area contributed by atoms with Crippen LogP contribution in [0.5, 0.6) is 0 Å². The number of likely N-dealkylation sites (N-methyl/N-ethyl adjacent to an activating group) is 1. The van der Waals surface area contributed by atoms with Gasteiger partial charge in [-0.15, -0.1) is 23.2 Å². The zero-order valence-corrected chi connectivity index (χ0v) is 18.0. The van der Waals surface area contributed by atoms with Crippen molar-refractivity contribution in [2.24, 2.45) is 0 Å². The summed E-state index contributed by atoms with van der Waals surface area (Å²) in [5.74, 6) is 1.04. The second-order valence-electron chi connectivity index (χ2n) is 7.89. The molecule has 27 heavy (non-hydrogen) atoms. The standard InChI is InChI=1S/C19H36Cl2N4O2/c1-24-17-9-8-15(25(12-10-20)13-11-21)14-16(17)22-18(24)6-4-2-3-5-7-19(26)23-27/h15-18,22,27H,2-14H2,1H3,(H,23,26). The van der Waals surface area contributed by atoms with Crippen LogP contribution < -0.4 is 10.8 Å². The molecule has 158 valence electrons. The van der Waals surface area contributed by atoms with Crippen molar-refractivity contribution in [1.82, 2.24) is 20.6 Å². The van der Waals surface area contributed by atoms with Gasteiger partial charge in [0.15, 0.2) is 0 Å². The summed E-state index contributed by atoms with van der Waals surface area (Å²) in [7, 11) is 2.25. The van der Waals surface area contributed by atoms with Crippen LogP contribution >= 0.6 is 23.2 Å². The number of alkyl halides is 2. The van der Waals surface area contributed by atoms with Gasteiger partial charge in [-0.3, -0.25) is 25.1 Å². The number of fused-ring (bicyclic) bond motifs is 1. The van der Waals surface area contributed by atoms with Crippen LogP contribution in [0.25, 0.3) is 0 Å². The van der Waals surface area contributed by atoms with Crippen LogP contribution in [0, 0.1) is 0 Å². The number of unbranched alkanes of at least 4 members (excludes halogenated alkanes) is 3. The number of nitrogens with one attached hydrogen (secondary N) is 2. The Morgan fingerprint density at radius 2 is 1.89 bits per heavy atom. The fourth-order valence-corrected chi connectivity index (χ4v) is 5.17. The Morgan fingerprint density at radius 3 is 2.56 bits per heavy atom. The lowest BCUT2D eigenvalue weighted by molar-refractivity contribution is -0.129. The maximum absolute atomic E-state index is 11.0. The molecule has 0 spiro atoms. The highest BCUT2D eigenvalue weighted by molar-refractivity contribution is 6.18. The second-order valence-corrected chi connectivity index (χ2v) is 8.65. The highest BCUT2D eigenvalue weighted by atomic mass is 35.5. The van der Waals surface area contributed by atoms with E-state index < -0.39 is 0 Å². The van der Waals surface area contributed by atoms with E-state index in [1.807, 2.05) is 0 Å². The molecule has 0 aromatic rings. The molecule has 4 atom stereocenters. The summed E-state index contributed by atoms with van der Waals surface area (Å²) in [5, 5.41) is 12.4. The number of carbonyl (C=O) groups is 1. The van der Waals surface area contributed by atoms with Gasteiger partial charge in [-0.25, -0.2) is 5.48 Å². The normalized spacial score (nSPS) is 28.5. The molecule has 8 heteroatoms. The molecule has 2 aliphatic rings. The van der Waals surface area contributed by atoms with Gasteiger partial charge in [-0.05, 0) is 39.2 Å². The van der Waals surface area contributed by atoms with Gasteiger partial charge in [0.2, 0.25) is 5.91 Å². The minimum Gasteiger partial charge on any atom is -0.298 e. The molecule has 2 rings (SSSR count). The van der Waals surface area contributed by atoms with Crippen molar-refractivity contribution in [2.75, 3.05) is 31.9 Å². The fraction of sp³-hybridized carbons (Fsp3) is 0.947. The van der Waals surface area contributed by atoms with Crippen LogP contribution in [0.2, 0.25) is 0 Å². The molecule has 1 saturated heterocycles. The van der Waals surface area contributed by atoms with Crippen molar-refractivity contribution in [2.45, 2.75) is 82.1 Å². The van der Waals surface area contributed by atoms with Gasteiger partial charge in [-0.1, -0.05) is 19.3 Å². The Labute approximate surface area is 173 Å². The number of rotatable bonds is 12. The topological polar surface area (TPSA) is 67.8 Å². The Kier molecular flexibility index (Phi) is 10.7. The maximum Gasteiger partial charge on any atom is 0.243 e. The summed E-state index contributed by atoms with van der Waals surface area (Å²) in [6, 6.07) is 1.77. The third kappa shape index (κ3) is 7.02. The molecule has 0 aromatic carbocycles. The highest BCUT2D eigenvalue weighted by Gasteiger charge is 2.42. The maximum atomic E-state index is 11.0. The first-order chi connectivity index (χ1) is 13.1. The Hall–Kier alpha value is -0.110. The monoisotopic (exact) mass is 422 g/mol. The molecule has 1 aliphatic heterocycles. The van der Waals surface area contributed by atoms with Crippen LogP contribution in [0.1, 0.15) is 57.8 Å². The van der Waals surface area contributed by atoms with E-state index in [4.69, 9.17) is 28.4 Å². The minimum atomic E-state index is -0.289. The van der Waals surface area contributed by atoms with E-state index in [0.29, 0.717) is 42.5 Å². The summed E-state index contributed by atoms with van der Waals surface area (Å²) >= 11 is 12.0. The first kappa shape index (κ1) is 23.2. The van der Waals surface area contributed by atoms with Gasteiger partial charge in [0.05, 0.1) is 6.17 Å². The van der Waals surface area contributed by atoms with Crippen LogP contribution in [0.3, 0.4) is 0 Å². The van der Waals surface area contributed by atoms with E-state index in [-0.39, 0.29) is 5.91 Å². The number of amides is 1.